The largest absolute Gasteiger partial charge is 0.302 e. The number of hydrogen-bond acceptors (Lipinski definition) is 1. The molecule has 86 valence electrons. The van der Waals surface area contributed by atoms with Crippen LogP contribution in [0.3, 0.4) is 0 Å². The molecule has 0 spiro atoms. The summed E-state index contributed by atoms with van der Waals surface area (Å²) in [5.41, 5.74) is 1.33. The molecule has 0 saturated carbocycles. The van der Waals surface area contributed by atoms with Crippen molar-refractivity contribution in [2.75, 3.05) is 14.1 Å². The van der Waals surface area contributed by atoms with Crippen molar-refractivity contribution < 1.29 is 0 Å². The molecule has 1 unspecified atom stereocenters. The van der Waals surface area contributed by atoms with Crippen LogP contribution in [0.5, 0.6) is 0 Å². The molecule has 0 radical (unpaired) electrons. The van der Waals surface area contributed by atoms with Gasteiger partial charge in [0, 0.05) is 11.1 Å². The van der Waals surface area contributed by atoms with Crippen molar-refractivity contribution in [2.24, 2.45) is 0 Å². The molecule has 0 aliphatic heterocycles. The standard InChI is InChI=1S/C11H16ClN.C2H6/c1-4-11(13(2)3)9-5-7-10(12)8-6-9;1-2/h5-8,11H,4H2,1-3H3;1-2H3. The van der Waals surface area contributed by atoms with Crippen LogP contribution in [0, 0.1) is 0 Å². The normalized spacial score (nSPS) is 11.9. The molecule has 0 bridgehead atoms. The Hall–Kier alpha value is -0.530. The molecule has 0 aliphatic carbocycles. The smallest absolute Gasteiger partial charge is 0.0406 e. The first-order valence-corrected chi connectivity index (χ1v) is 5.94. The first-order valence-electron chi connectivity index (χ1n) is 5.57. The molecule has 0 N–H and O–H groups in total. The van der Waals surface area contributed by atoms with Gasteiger partial charge in [0.05, 0.1) is 0 Å². The molecule has 15 heavy (non-hydrogen) atoms. The van der Waals surface area contributed by atoms with Crippen LogP contribution in [-0.2, 0) is 0 Å². The number of hydrogen-bond donors (Lipinski definition) is 0. The van der Waals surface area contributed by atoms with E-state index in [0.29, 0.717) is 6.04 Å². The van der Waals surface area contributed by atoms with E-state index < -0.39 is 0 Å². The van der Waals surface area contributed by atoms with Gasteiger partial charge in [-0.05, 0) is 38.2 Å². The van der Waals surface area contributed by atoms with Gasteiger partial charge in [0.15, 0.2) is 0 Å². The van der Waals surface area contributed by atoms with Gasteiger partial charge in [-0.3, -0.25) is 0 Å². The monoisotopic (exact) mass is 227 g/mol. The van der Waals surface area contributed by atoms with Crippen molar-refractivity contribution in [1.82, 2.24) is 4.90 Å². The summed E-state index contributed by atoms with van der Waals surface area (Å²) < 4.78 is 0. The summed E-state index contributed by atoms with van der Waals surface area (Å²) in [7, 11) is 4.20. The van der Waals surface area contributed by atoms with Gasteiger partial charge in [0.25, 0.3) is 0 Å². The number of nitrogens with zero attached hydrogens (tertiary/aromatic N) is 1. The van der Waals surface area contributed by atoms with Gasteiger partial charge in [-0.2, -0.15) is 0 Å². The van der Waals surface area contributed by atoms with Crippen molar-refractivity contribution in [2.45, 2.75) is 33.2 Å². The third-order valence-corrected chi connectivity index (χ3v) is 2.52. The fourth-order valence-electron chi connectivity index (χ4n) is 1.58. The zero-order valence-electron chi connectivity index (χ0n) is 10.4. The molecule has 1 atom stereocenters. The summed E-state index contributed by atoms with van der Waals surface area (Å²) >= 11 is 5.83. The summed E-state index contributed by atoms with van der Waals surface area (Å²) in [6.07, 6.45) is 1.12. The second-order valence-corrected chi connectivity index (χ2v) is 3.88. The highest BCUT2D eigenvalue weighted by atomic mass is 35.5. The Balaban J connectivity index is 0.000000921. The molecular formula is C13H22ClN. The van der Waals surface area contributed by atoms with E-state index in [-0.39, 0.29) is 0 Å². The van der Waals surface area contributed by atoms with Crippen LogP contribution in [0.25, 0.3) is 0 Å². The van der Waals surface area contributed by atoms with Gasteiger partial charge < -0.3 is 4.90 Å². The van der Waals surface area contributed by atoms with E-state index in [2.05, 4.69) is 38.1 Å². The number of benzene rings is 1. The summed E-state index contributed by atoms with van der Waals surface area (Å²) in [5.74, 6) is 0. The second-order valence-electron chi connectivity index (χ2n) is 3.44. The van der Waals surface area contributed by atoms with Gasteiger partial charge >= 0.3 is 0 Å². The highest BCUT2D eigenvalue weighted by molar-refractivity contribution is 6.30. The summed E-state index contributed by atoms with van der Waals surface area (Å²) in [6.45, 7) is 6.19. The van der Waals surface area contributed by atoms with E-state index in [4.69, 9.17) is 11.6 Å². The molecular weight excluding hydrogens is 206 g/mol. The summed E-state index contributed by atoms with van der Waals surface area (Å²) in [5, 5.41) is 0.803. The van der Waals surface area contributed by atoms with Crippen molar-refractivity contribution >= 4 is 11.6 Å². The number of rotatable bonds is 3. The van der Waals surface area contributed by atoms with Gasteiger partial charge in [-0.25, -0.2) is 0 Å². The van der Waals surface area contributed by atoms with E-state index >= 15 is 0 Å². The molecule has 0 aliphatic rings. The molecule has 0 aromatic heterocycles. The highest BCUT2D eigenvalue weighted by Crippen LogP contribution is 2.22. The van der Waals surface area contributed by atoms with E-state index in [1.54, 1.807) is 0 Å². The van der Waals surface area contributed by atoms with E-state index in [1.807, 2.05) is 26.0 Å². The lowest BCUT2D eigenvalue weighted by Gasteiger charge is -2.23. The fraction of sp³-hybridized carbons (Fsp3) is 0.538. The van der Waals surface area contributed by atoms with Crippen molar-refractivity contribution in [3.63, 3.8) is 0 Å². The van der Waals surface area contributed by atoms with Crippen LogP contribution >= 0.6 is 11.6 Å². The zero-order valence-corrected chi connectivity index (χ0v) is 11.2. The Labute approximate surface area is 99.1 Å². The van der Waals surface area contributed by atoms with E-state index in [1.165, 1.54) is 5.56 Å². The van der Waals surface area contributed by atoms with E-state index in [0.717, 1.165) is 11.4 Å². The average Bonchev–Trinajstić information content (AvgIpc) is 2.24. The molecule has 0 fully saturated rings. The minimum absolute atomic E-state index is 0.497. The van der Waals surface area contributed by atoms with Crippen molar-refractivity contribution in [3.05, 3.63) is 34.9 Å². The Morgan fingerprint density at radius 3 is 1.93 bits per heavy atom. The maximum Gasteiger partial charge on any atom is 0.0406 e. The fourth-order valence-corrected chi connectivity index (χ4v) is 1.71. The topological polar surface area (TPSA) is 3.24 Å². The third-order valence-electron chi connectivity index (χ3n) is 2.26. The average molecular weight is 228 g/mol. The first-order chi connectivity index (χ1) is 7.15. The van der Waals surface area contributed by atoms with Crippen LogP contribution in [-0.4, -0.2) is 19.0 Å². The minimum atomic E-state index is 0.497. The lowest BCUT2D eigenvalue weighted by molar-refractivity contribution is 0.292. The lowest BCUT2D eigenvalue weighted by Crippen LogP contribution is -2.18. The zero-order chi connectivity index (χ0) is 11.8. The van der Waals surface area contributed by atoms with E-state index in [9.17, 15) is 0 Å². The van der Waals surface area contributed by atoms with Crippen LogP contribution in [0.1, 0.15) is 38.8 Å². The maximum atomic E-state index is 5.83. The summed E-state index contributed by atoms with van der Waals surface area (Å²) in [4.78, 5) is 2.23. The van der Waals surface area contributed by atoms with Gasteiger partial charge in [-0.15, -0.1) is 0 Å². The molecule has 0 saturated heterocycles. The highest BCUT2D eigenvalue weighted by Gasteiger charge is 2.10. The molecule has 0 amide bonds. The molecule has 1 aromatic carbocycles. The van der Waals surface area contributed by atoms with Gasteiger partial charge in [0.2, 0.25) is 0 Å². The molecule has 2 heteroatoms. The lowest BCUT2D eigenvalue weighted by atomic mass is 10.0. The molecule has 0 heterocycles. The minimum Gasteiger partial charge on any atom is -0.302 e. The predicted octanol–water partition coefficient (Wildman–Crippen LogP) is 4.38. The maximum absolute atomic E-state index is 5.83. The molecule has 1 aromatic rings. The van der Waals surface area contributed by atoms with Gasteiger partial charge in [-0.1, -0.05) is 44.5 Å². The van der Waals surface area contributed by atoms with Crippen LogP contribution in [0.4, 0.5) is 0 Å². The van der Waals surface area contributed by atoms with Crippen LogP contribution in [0.15, 0.2) is 24.3 Å². The van der Waals surface area contributed by atoms with Crippen LogP contribution in [0.2, 0.25) is 5.02 Å². The Kier molecular flexibility index (Phi) is 7.45. The SMILES string of the molecule is CC.CCC(c1ccc(Cl)cc1)N(C)C. The van der Waals surface area contributed by atoms with Crippen LogP contribution < -0.4 is 0 Å². The third kappa shape index (κ3) is 4.67. The summed E-state index contributed by atoms with van der Waals surface area (Å²) in [6, 6.07) is 8.58. The Bertz CT molecular complexity index is 254. The van der Waals surface area contributed by atoms with Crippen molar-refractivity contribution in [3.8, 4) is 0 Å². The van der Waals surface area contributed by atoms with Crippen molar-refractivity contribution in [1.29, 1.82) is 0 Å². The first kappa shape index (κ1) is 14.5. The Morgan fingerprint density at radius 2 is 1.60 bits per heavy atom. The number of halogens is 1. The molecule has 1 nitrogen and oxygen atoms in total. The Morgan fingerprint density at radius 1 is 1.13 bits per heavy atom. The second kappa shape index (κ2) is 7.72. The molecule has 1 rings (SSSR count). The van der Waals surface area contributed by atoms with Gasteiger partial charge in [0.1, 0.15) is 0 Å². The predicted molar refractivity (Wildman–Crippen MR) is 69.5 cm³/mol. The quantitative estimate of drug-likeness (QED) is 0.741.